The zero-order chi connectivity index (χ0) is 11.8. The van der Waals surface area contributed by atoms with Crippen molar-refractivity contribution in [2.24, 2.45) is 0 Å². The molecule has 0 N–H and O–H groups in total. The van der Waals surface area contributed by atoms with Crippen LogP contribution in [-0.4, -0.2) is 4.57 Å². The van der Waals surface area contributed by atoms with E-state index >= 15 is 0 Å². The summed E-state index contributed by atoms with van der Waals surface area (Å²) in [6.45, 7) is 0. The Balaban J connectivity index is 2.21. The number of hydrogen-bond donors (Lipinski definition) is 0. The standard InChI is InChI=1S/C14H9BrIN/c15-11-1-6-14-10(9-11)7-8-17(14)13-4-2-12(16)3-5-13/h1-9H. The van der Waals surface area contributed by atoms with Crippen LogP contribution in [0.5, 0.6) is 0 Å². The SMILES string of the molecule is Brc1ccc2c(ccn2-c2ccc(I)cc2)c1. The van der Waals surface area contributed by atoms with Gasteiger partial charge in [-0.05, 0) is 71.1 Å². The fourth-order valence-electron chi connectivity index (χ4n) is 1.94. The number of benzene rings is 2. The number of halogens is 2. The highest BCUT2D eigenvalue weighted by atomic mass is 127. The molecule has 2 aromatic carbocycles. The van der Waals surface area contributed by atoms with Gasteiger partial charge in [0.2, 0.25) is 0 Å². The molecule has 0 fully saturated rings. The lowest BCUT2D eigenvalue weighted by Gasteiger charge is -2.05. The summed E-state index contributed by atoms with van der Waals surface area (Å²) in [5.74, 6) is 0. The van der Waals surface area contributed by atoms with Gasteiger partial charge in [-0.2, -0.15) is 0 Å². The summed E-state index contributed by atoms with van der Waals surface area (Å²) in [5.41, 5.74) is 2.43. The third-order valence-corrected chi connectivity index (χ3v) is 3.97. The first kappa shape index (κ1) is 11.3. The lowest BCUT2D eigenvalue weighted by Crippen LogP contribution is -1.91. The van der Waals surface area contributed by atoms with Crippen LogP contribution in [0.3, 0.4) is 0 Å². The minimum Gasteiger partial charge on any atom is -0.317 e. The summed E-state index contributed by atoms with van der Waals surface area (Å²) in [7, 11) is 0. The molecule has 1 heterocycles. The summed E-state index contributed by atoms with van der Waals surface area (Å²) in [4.78, 5) is 0. The van der Waals surface area contributed by atoms with Crippen molar-refractivity contribution >= 4 is 49.4 Å². The maximum atomic E-state index is 3.50. The molecule has 3 rings (SSSR count). The van der Waals surface area contributed by atoms with Crippen LogP contribution in [0, 0.1) is 3.57 Å². The molecule has 0 radical (unpaired) electrons. The van der Waals surface area contributed by atoms with Gasteiger partial charge in [-0.3, -0.25) is 0 Å². The van der Waals surface area contributed by atoms with Gasteiger partial charge in [0.25, 0.3) is 0 Å². The molecule has 0 bridgehead atoms. The predicted octanol–water partition coefficient (Wildman–Crippen LogP) is 5.00. The summed E-state index contributed by atoms with van der Waals surface area (Å²) in [5, 5.41) is 1.25. The minimum atomic E-state index is 1.12. The number of hydrogen-bond acceptors (Lipinski definition) is 0. The third kappa shape index (κ3) is 2.13. The number of aromatic nitrogens is 1. The van der Waals surface area contributed by atoms with Crippen molar-refractivity contribution in [2.75, 3.05) is 0 Å². The lowest BCUT2D eigenvalue weighted by atomic mass is 10.2. The van der Waals surface area contributed by atoms with E-state index in [9.17, 15) is 0 Å². The van der Waals surface area contributed by atoms with E-state index in [2.05, 4.69) is 97.8 Å². The second-order valence-electron chi connectivity index (χ2n) is 3.87. The highest BCUT2D eigenvalue weighted by Gasteiger charge is 2.03. The molecule has 0 spiro atoms. The normalized spacial score (nSPS) is 10.9. The van der Waals surface area contributed by atoms with Crippen LogP contribution in [0.4, 0.5) is 0 Å². The van der Waals surface area contributed by atoms with Gasteiger partial charge in [-0.25, -0.2) is 0 Å². The highest BCUT2D eigenvalue weighted by molar-refractivity contribution is 14.1. The smallest absolute Gasteiger partial charge is 0.0529 e. The van der Waals surface area contributed by atoms with E-state index in [0.29, 0.717) is 0 Å². The Hall–Kier alpha value is -0.810. The van der Waals surface area contributed by atoms with Crippen LogP contribution in [0.1, 0.15) is 0 Å². The summed E-state index contributed by atoms with van der Waals surface area (Å²) < 4.78 is 4.58. The summed E-state index contributed by atoms with van der Waals surface area (Å²) in [6, 6.07) is 17.0. The number of rotatable bonds is 1. The monoisotopic (exact) mass is 397 g/mol. The first-order valence-corrected chi connectivity index (χ1v) is 7.14. The van der Waals surface area contributed by atoms with Crippen molar-refractivity contribution in [3.63, 3.8) is 0 Å². The van der Waals surface area contributed by atoms with Crippen molar-refractivity contribution in [3.05, 3.63) is 62.8 Å². The van der Waals surface area contributed by atoms with Crippen molar-refractivity contribution < 1.29 is 0 Å². The van der Waals surface area contributed by atoms with Gasteiger partial charge < -0.3 is 4.57 Å². The zero-order valence-electron chi connectivity index (χ0n) is 8.90. The van der Waals surface area contributed by atoms with E-state index in [1.165, 1.54) is 20.2 Å². The first-order valence-electron chi connectivity index (χ1n) is 5.26. The van der Waals surface area contributed by atoms with E-state index in [-0.39, 0.29) is 0 Å². The molecule has 17 heavy (non-hydrogen) atoms. The van der Waals surface area contributed by atoms with Crippen LogP contribution in [-0.2, 0) is 0 Å². The van der Waals surface area contributed by atoms with Gasteiger partial charge >= 0.3 is 0 Å². The maximum absolute atomic E-state index is 3.50. The molecule has 0 aliphatic carbocycles. The van der Waals surface area contributed by atoms with Gasteiger partial charge in [0.05, 0.1) is 5.52 Å². The Bertz CT molecular complexity index is 670. The molecular weight excluding hydrogens is 389 g/mol. The van der Waals surface area contributed by atoms with E-state index < -0.39 is 0 Å². The Labute approximate surface area is 122 Å². The molecule has 3 aromatic rings. The number of nitrogens with zero attached hydrogens (tertiary/aromatic N) is 1. The predicted molar refractivity (Wildman–Crippen MR) is 83.7 cm³/mol. The zero-order valence-corrected chi connectivity index (χ0v) is 12.6. The van der Waals surface area contributed by atoms with Gasteiger partial charge in [0, 0.05) is 25.3 Å². The fraction of sp³-hybridized carbons (Fsp3) is 0. The Kier molecular flexibility index (Phi) is 2.96. The molecule has 0 aliphatic heterocycles. The van der Waals surface area contributed by atoms with Crippen molar-refractivity contribution in [3.8, 4) is 5.69 Å². The third-order valence-electron chi connectivity index (χ3n) is 2.76. The van der Waals surface area contributed by atoms with Crippen LogP contribution in [0.25, 0.3) is 16.6 Å². The minimum absolute atomic E-state index is 1.12. The summed E-state index contributed by atoms with van der Waals surface area (Å²) >= 11 is 5.82. The molecule has 1 nitrogen and oxygen atoms in total. The quantitative estimate of drug-likeness (QED) is 0.509. The average molecular weight is 398 g/mol. The maximum Gasteiger partial charge on any atom is 0.0529 e. The molecular formula is C14H9BrIN. The van der Waals surface area contributed by atoms with E-state index in [4.69, 9.17) is 0 Å². The lowest BCUT2D eigenvalue weighted by molar-refractivity contribution is 1.13. The molecule has 0 saturated carbocycles. The van der Waals surface area contributed by atoms with E-state index in [1.54, 1.807) is 0 Å². The van der Waals surface area contributed by atoms with Gasteiger partial charge in [-0.1, -0.05) is 15.9 Å². The van der Waals surface area contributed by atoms with Crippen LogP contribution < -0.4 is 0 Å². The molecule has 3 heteroatoms. The molecule has 0 unspecified atom stereocenters. The van der Waals surface area contributed by atoms with E-state index in [1.807, 2.05) is 0 Å². The molecule has 0 amide bonds. The van der Waals surface area contributed by atoms with E-state index in [0.717, 1.165) is 4.47 Å². The largest absolute Gasteiger partial charge is 0.317 e. The summed E-state index contributed by atoms with van der Waals surface area (Å²) in [6.07, 6.45) is 2.11. The Morgan fingerprint density at radius 1 is 0.941 bits per heavy atom. The van der Waals surface area contributed by atoms with Crippen molar-refractivity contribution in [2.45, 2.75) is 0 Å². The molecule has 0 atom stereocenters. The molecule has 1 aromatic heterocycles. The Morgan fingerprint density at radius 2 is 1.71 bits per heavy atom. The van der Waals surface area contributed by atoms with Gasteiger partial charge in [0.1, 0.15) is 0 Å². The second-order valence-corrected chi connectivity index (χ2v) is 6.03. The highest BCUT2D eigenvalue weighted by Crippen LogP contribution is 2.24. The first-order chi connectivity index (χ1) is 8.24. The van der Waals surface area contributed by atoms with Crippen molar-refractivity contribution in [1.29, 1.82) is 0 Å². The fourth-order valence-corrected chi connectivity index (χ4v) is 2.68. The average Bonchev–Trinajstić information content (AvgIpc) is 2.73. The second kappa shape index (κ2) is 4.46. The molecule has 0 saturated heterocycles. The Morgan fingerprint density at radius 3 is 2.47 bits per heavy atom. The van der Waals surface area contributed by atoms with Crippen LogP contribution in [0.15, 0.2) is 59.2 Å². The molecule has 84 valence electrons. The van der Waals surface area contributed by atoms with Crippen LogP contribution >= 0.6 is 38.5 Å². The topological polar surface area (TPSA) is 4.93 Å². The molecule has 0 aliphatic rings. The van der Waals surface area contributed by atoms with Crippen LogP contribution in [0.2, 0.25) is 0 Å². The number of fused-ring (bicyclic) bond motifs is 1. The van der Waals surface area contributed by atoms with Gasteiger partial charge in [0.15, 0.2) is 0 Å². The van der Waals surface area contributed by atoms with Crippen molar-refractivity contribution in [1.82, 2.24) is 4.57 Å². The van der Waals surface area contributed by atoms with Gasteiger partial charge in [-0.15, -0.1) is 0 Å².